The van der Waals surface area contributed by atoms with Gasteiger partial charge in [-0.2, -0.15) is 5.10 Å². The Kier molecular flexibility index (Phi) is 4.63. The number of ether oxygens (including phenoxy) is 2. The lowest BCUT2D eigenvalue weighted by atomic mass is 10.1. The van der Waals surface area contributed by atoms with Crippen LogP contribution < -0.4 is 20.0 Å². The van der Waals surface area contributed by atoms with Crippen molar-refractivity contribution in [3.05, 3.63) is 71.8 Å². The van der Waals surface area contributed by atoms with Gasteiger partial charge in [-0.05, 0) is 34.0 Å². The van der Waals surface area contributed by atoms with Crippen molar-refractivity contribution in [3.8, 4) is 11.5 Å². The molecule has 1 heterocycles. The molecular weight excluding hydrogens is 360 g/mol. The SMILES string of the molecule is O=C([O-])c1ccc(C=NNC(=O)[C@H]2COc3cc4ccccc4cc3O2)cc1. The number of nitrogens with one attached hydrogen (secondary N) is 1. The van der Waals surface area contributed by atoms with Crippen molar-refractivity contribution in [3.63, 3.8) is 0 Å². The van der Waals surface area contributed by atoms with Gasteiger partial charge in [0.15, 0.2) is 11.5 Å². The van der Waals surface area contributed by atoms with Crippen molar-refractivity contribution >= 4 is 28.9 Å². The molecular formula is C21H15N2O5-. The molecule has 4 rings (SSSR count). The Balaban J connectivity index is 1.40. The summed E-state index contributed by atoms with van der Waals surface area (Å²) < 4.78 is 11.4. The molecule has 0 spiro atoms. The number of nitrogens with zero attached hydrogens (tertiary/aromatic N) is 1. The number of aromatic carboxylic acids is 1. The number of carboxylic acids is 1. The molecule has 1 atom stereocenters. The molecule has 1 aliphatic rings. The van der Waals surface area contributed by atoms with Crippen LogP contribution in [0.1, 0.15) is 15.9 Å². The van der Waals surface area contributed by atoms with E-state index in [1.165, 1.54) is 18.3 Å². The van der Waals surface area contributed by atoms with Crippen LogP contribution in [0.25, 0.3) is 10.8 Å². The van der Waals surface area contributed by atoms with Crippen LogP contribution >= 0.6 is 0 Å². The molecule has 28 heavy (non-hydrogen) atoms. The Bertz CT molecular complexity index is 1080. The molecule has 0 fully saturated rings. The molecule has 0 aliphatic carbocycles. The fourth-order valence-electron chi connectivity index (χ4n) is 2.83. The average Bonchev–Trinajstić information content (AvgIpc) is 2.72. The van der Waals surface area contributed by atoms with Crippen molar-refractivity contribution in [2.75, 3.05) is 6.61 Å². The molecule has 0 saturated heterocycles. The normalized spacial score (nSPS) is 15.5. The van der Waals surface area contributed by atoms with Crippen molar-refractivity contribution in [2.24, 2.45) is 5.10 Å². The van der Waals surface area contributed by atoms with Crippen LogP contribution in [0.15, 0.2) is 65.8 Å². The quantitative estimate of drug-likeness (QED) is 0.550. The predicted molar refractivity (Wildman–Crippen MR) is 100 cm³/mol. The first-order chi connectivity index (χ1) is 13.6. The molecule has 3 aromatic rings. The Hall–Kier alpha value is -3.87. The lowest BCUT2D eigenvalue weighted by Crippen LogP contribution is -2.42. The maximum Gasteiger partial charge on any atom is 0.284 e. The van der Waals surface area contributed by atoms with Crippen molar-refractivity contribution in [2.45, 2.75) is 6.10 Å². The molecule has 0 saturated carbocycles. The maximum atomic E-state index is 12.3. The van der Waals surface area contributed by atoms with E-state index in [0.717, 1.165) is 10.8 Å². The van der Waals surface area contributed by atoms with Crippen molar-refractivity contribution in [1.29, 1.82) is 0 Å². The summed E-state index contributed by atoms with van der Waals surface area (Å²) in [6.07, 6.45) is 0.577. The predicted octanol–water partition coefficient (Wildman–Crippen LogP) is 1.49. The Morgan fingerprint density at radius 1 is 1.04 bits per heavy atom. The van der Waals surface area contributed by atoms with Crippen molar-refractivity contribution < 1.29 is 24.2 Å². The zero-order valence-electron chi connectivity index (χ0n) is 14.6. The van der Waals surface area contributed by atoms with Gasteiger partial charge in [0, 0.05) is 0 Å². The minimum Gasteiger partial charge on any atom is -0.545 e. The van der Waals surface area contributed by atoms with Gasteiger partial charge in [-0.1, -0.05) is 48.5 Å². The van der Waals surface area contributed by atoms with E-state index in [4.69, 9.17) is 9.47 Å². The number of hydrazone groups is 1. The number of hydrogen-bond donors (Lipinski definition) is 1. The summed E-state index contributed by atoms with van der Waals surface area (Å²) in [4.78, 5) is 23.0. The minimum absolute atomic E-state index is 0.0696. The van der Waals surface area contributed by atoms with Crippen LogP contribution in [-0.2, 0) is 4.79 Å². The highest BCUT2D eigenvalue weighted by Crippen LogP contribution is 2.35. The second-order valence-electron chi connectivity index (χ2n) is 6.21. The molecule has 0 aromatic heterocycles. The topological polar surface area (TPSA) is 100 Å². The van der Waals surface area contributed by atoms with Crippen LogP contribution in [0, 0.1) is 0 Å². The number of amides is 1. The number of carbonyl (C=O) groups is 2. The average molecular weight is 375 g/mol. The fraction of sp³-hybridized carbons (Fsp3) is 0.0952. The molecule has 0 radical (unpaired) electrons. The molecule has 3 aromatic carbocycles. The highest BCUT2D eigenvalue weighted by Gasteiger charge is 2.27. The standard InChI is InChI=1S/C21H16N2O5/c24-20(23-22-11-13-5-7-14(8-6-13)21(25)26)19-12-27-17-9-15-3-1-2-4-16(15)10-18(17)28-19/h1-11,19H,12H2,(H,23,24)(H,25,26)/p-1/t19-/m1/s1. The van der Waals surface area contributed by atoms with Crippen LogP contribution in [0.5, 0.6) is 11.5 Å². The van der Waals surface area contributed by atoms with Gasteiger partial charge >= 0.3 is 0 Å². The maximum absolute atomic E-state index is 12.3. The fourth-order valence-corrected chi connectivity index (χ4v) is 2.83. The largest absolute Gasteiger partial charge is 0.545 e. The van der Waals surface area contributed by atoms with E-state index < -0.39 is 18.0 Å². The Morgan fingerprint density at radius 3 is 2.39 bits per heavy atom. The van der Waals surface area contributed by atoms with E-state index in [2.05, 4.69) is 10.5 Å². The van der Waals surface area contributed by atoms with E-state index in [0.29, 0.717) is 17.1 Å². The molecule has 7 nitrogen and oxygen atoms in total. The lowest BCUT2D eigenvalue weighted by Gasteiger charge is -2.25. The second-order valence-corrected chi connectivity index (χ2v) is 6.21. The van der Waals surface area contributed by atoms with Gasteiger partial charge in [-0.25, -0.2) is 5.43 Å². The number of carbonyl (C=O) groups excluding carboxylic acids is 2. The molecule has 0 bridgehead atoms. The summed E-state index contributed by atoms with van der Waals surface area (Å²) in [6.45, 7) is 0.0764. The van der Waals surface area contributed by atoms with E-state index >= 15 is 0 Å². The summed E-state index contributed by atoms with van der Waals surface area (Å²) in [5.74, 6) is -0.591. The molecule has 1 aliphatic heterocycles. The summed E-state index contributed by atoms with van der Waals surface area (Å²) in [5.41, 5.74) is 3.10. The summed E-state index contributed by atoms with van der Waals surface area (Å²) in [5, 5.41) is 16.6. The number of carboxylic acid groups (broad SMARTS) is 1. The number of rotatable bonds is 4. The van der Waals surface area contributed by atoms with Crippen LogP contribution in [0.2, 0.25) is 0 Å². The number of benzene rings is 3. The van der Waals surface area contributed by atoms with Gasteiger partial charge in [0.2, 0.25) is 6.10 Å². The third kappa shape index (κ3) is 3.64. The number of hydrogen-bond acceptors (Lipinski definition) is 6. The van der Waals surface area contributed by atoms with Crippen molar-refractivity contribution in [1.82, 2.24) is 5.43 Å². The van der Waals surface area contributed by atoms with Gasteiger partial charge in [0.25, 0.3) is 5.91 Å². The monoisotopic (exact) mass is 375 g/mol. The zero-order valence-corrected chi connectivity index (χ0v) is 14.6. The van der Waals surface area contributed by atoms with E-state index in [1.807, 2.05) is 36.4 Å². The van der Waals surface area contributed by atoms with Crippen LogP contribution in [0.4, 0.5) is 0 Å². The first kappa shape index (κ1) is 17.5. The van der Waals surface area contributed by atoms with Crippen LogP contribution in [-0.4, -0.2) is 30.8 Å². The summed E-state index contributed by atoms with van der Waals surface area (Å²) >= 11 is 0. The van der Waals surface area contributed by atoms with E-state index in [1.54, 1.807) is 12.1 Å². The van der Waals surface area contributed by atoms with E-state index in [-0.39, 0.29) is 12.2 Å². The summed E-state index contributed by atoms with van der Waals surface area (Å²) in [7, 11) is 0. The Labute approximate surface area is 160 Å². The second kappa shape index (κ2) is 7.40. The van der Waals surface area contributed by atoms with Crippen LogP contribution in [0.3, 0.4) is 0 Å². The van der Waals surface area contributed by atoms with Gasteiger partial charge < -0.3 is 19.4 Å². The lowest BCUT2D eigenvalue weighted by molar-refractivity contribution is -0.255. The van der Waals surface area contributed by atoms with Gasteiger partial charge in [-0.3, -0.25) is 4.79 Å². The highest BCUT2D eigenvalue weighted by atomic mass is 16.6. The van der Waals surface area contributed by atoms with Gasteiger partial charge in [0.05, 0.1) is 12.2 Å². The molecule has 1 amide bonds. The summed E-state index contributed by atoms with van der Waals surface area (Å²) in [6, 6.07) is 17.4. The van der Waals surface area contributed by atoms with E-state index in [9.17, 15) is 14.7 Å². The highest BCUT2D eigenvalue weighted by molar-refractivity contribution is 5.89. The molecule has 140 valence electrons. The smallest absolute Gasteiger partial charge is 0.284 e. The minimum atomic E-state index is -1.25. The molecule has 0 unspecified atom stereocenters. The third-order valence-corrected chi connectivity index (χ3v) is 4.30. The molecule has 1 N–H and O–H groups in total. The number of fused-ring (bicyclic) bond motifs is 2. The van der Waals surface area contributed by atoms with Gasteiger partial charge in [0.1, 0.15) is 6.61 Å². The van der Waals surface area contributed by atoms with Gasteiger partial charge in [-0.15, -0.1) is 0 Å². The first-order valence-corrected chi connectivity index (χ1v) is 8.57. The molecule has 7 heteroatoms. The first-order valence-electron chi connectivity index (χ1n) is 8.57. The zero-order chi connectivity index (χ0) is 19.5. The third-order valence-electron chi connectivity index (χ3n) is 4.30. The Morgan fingerprint density at radius 2 is 1.71 bits per heavy atom.